The minimum Gasteiger partial charge on any atom is -0.350 e. The second kappa shape index (κ2) is 8.85. The van der Waals surface area contributed by atoms with E-state index in [9.17, 15) is 9.59 Å². The lowest BCUT2D eigenvalue weighted by atomic mass is 9.99. The molecule has 3 aromatic rings. The van der Waals surface area contributed by atoms with Crippen molar-refractivity contribution >= 4 is 33.2 Å². The summed E-state index contributed by atoms with van der Waals surface area (Å²) in [5.41, 5.74) is 2.81. The van der Waals surface area contributed by atoms with Crippen molar-refractivity contribution in [2.45, 2.75) is 25.8 Å². The molecule has 0 aliphatic carbocycles. The molecule has 0 radical (unpaired) electrons. The van der Waals surface area contributed by atoms with Crippen molar-refractivity contribution in [3.63, 3.8) is 0 Å². The molecular weight excluding hydrogens is 368 g/mol. The normalized spacial score (nSPS) is 12.0. The van der Waals surface area contributed by atoms with E-state index in [1.807, 2.05) is 41.8 Å². The third-order valence-electron chi connectivity index (χ3n) is 4.71. The molecule has 0 fully saturated rings. The summed E-state index contributed by atoms with van der Waals surface area (Å²) < 4.78 is 1.08. The summed E-state index contributed by atoms with van der Waals surface area (Å²) in [5, 5.41) is 8.78. The largest absolute Gasteiger partial charge is 0.350 e. The van der Waals surface area contributed by atoms with E-state index in [2.05, 4.69) is 43.2 Å². The number of carbonyl (C=O) groups is 2. The second-order valence-corrected chi connectivity index (χ2v) is 7.88. The number of rotatable bonds is 7. The fourth-order valence-electron chi connectivity index (χ4n) is 3.08. The number of benzene rings is 2. The molecule has 2 aromatic carbocycles. The van der Waals surface area contributed by atoms with Crippen molar-refractivity contribution < 1.29 is 9.59 Å². The van der Waals surface area contributed by atoms with Crippen LogP contribution in [0.15, 0.2) is 66.6 Å². The summed E-state index contributed by atoms with van der Waals surface area (Å²) in [7, 11) is 0. The predicted molar refractivity (Wildman–Crippen MR) is 116 cm³/mol. The van der Waals surface area contributed by atoms with E-state index in [0.717, 1.165) is 15.6 Å². The molecule has 5 heteroatoms. The van der Waals surface area contributed by atoms with Gasteiger partial charge < -0.3 is 10.6 Å². The Bertz CT molecular complexity index is 989. The first kappa shape index (κ1) is 19.8. The maximum Gasteiger partial charge on any atom is 0.252 e. The highest BCUT2D eigenvalue weighted by Crippen LogP contribution is 2.24. The van der Waals surface area contributed by atoms with E-state index in [1.54, 1.807) is 11.3 Å². The van der Waals surface area contributed by atoms with Crippen LogP contribution < -0.4 is 10.6 Å². The molecule has 1 unspecified atom stereocenters. The van der Waals surface area contributed by atoms with Crippen molar-refractivity contribution in [3.8, 4) is 0 Å². The van der Waals surface area contributed by atoms with Crippen molar-refractivity contribution in [1.29, 1.82) is 0 Å². The van der Waals surface area contributed by atoms with Crippen LogP contribution in [-0.4, -0.2) is 18.4 Å². The Balaban J connectivity index is 1.77. The number of carbonyl (C=O) groups excluding carboxylic acids is 2. The Morgan fingerprint density at radius 2 is 1.79 bits per heavy atom. The Kier molecular flexibility index (Phi) is 6.26. The number of nitrogens with one attached hydrogen (secondary N) is 2. The molecule has 0 aliphatic rings. The van der Waals surface area contributed by atoms with Gasteiger partial charge in [0.05, 0.1) is 6.04 Å². The van der Waals surface area contributed by atoms with Crippen LogP contribution in [0.5, 0.6) is 0 Å². The van der Waals surface area contributed by atoms with Gasteiger partial charge in [0.15, 0.2) is 0 Å². The van der Waals surface area contributed by atoms with E-state index in [-0.39, 0.29) is 17.9 Å². The zero-order valence-corrected chi connectivity index (χ0v) is 16.9. The van der Waals surface area contributed by atoms with Gasteiger partial charge in [-0.15, -0.1) is 11.3 Å². The molecule has 3 rings (SSSR count). The van der Waals surface area contributed by atoms with Gasteiger partial charge in [-0.1, -0.05) is 50.8 Å². The topological polar surface area (TPSA) is 58.2 Å². The van der Waals surface area contributed by atoms with Crippen molar-refractivity contribution in [1.82, 2.24) is 10.6 Å². The Labute approximate surface area is 169 Å². The molecule has 28 heavy (non-hydrogen) atoms. The standard InChI is InChI=1S/C23H24N2O2S/c1-4-22(26)25-20(17-10-8-16(9-11-17)15(2)3)14-24-23(27)19-6-5-7-21-18(19)12-13-28-21/h4-13,15,20H,1,14H2,2-3H3,(H,24,27)(H,25,26). The highest BCUT2D eigenvalue weighted by molar-refractivity contribution is 7.17. The van der Waals surface area contributed by atoms with Crippen LogP contribution in [0.2, 0.25) is 0 Å². The van der Waals surface area contributed by atoms with Crippen LogP contribution in [0.1, 0.15) is 47.3 Å². The maximum atomic E-state index is 12.8. The minimum atomic E-state index is -0.336. The van der Waals surface area contributed by atoms with Gasteiger partial charge in [-0.05, 0) is 46.7 Å². The number of fused-ring (bicyclic) bond motifs is 1. The highest BCUT2D eigenvalue weighted by Gasteiger charge is 2.17. The van der Waals surface area contributed by atoms with E-state index in [1.165, 1.54) is 11.6 Å². The molecular formula is C23H24N2O2S. The van der Waals surface area contributed by atoms with E-state index < -0.39 is 0 Å². The first-order chi connectivity index (χ1) is 13.5. The lowest BCUT2D eigenvalue weighted by molar-refractivity contribution is -0.117. The second-order valence-electron chi connectivity index (χ2n) is 6.93. The first-order valence-electron chi connectivity index (χ1n) is 9.26. The zero-order chi connectivity index (χ0) is 20.1. The highest BCUT2D eigenvalue weighted by atomic mass is 32.1. The van der Waals surface area contributed by atoms with Gasteiger partial charge in [0.2, 0.25) is 5.91 Å². The van der Waals surface area contributed by atoms with Crippen LogP contribution in [0, 0.1) is 0 Å². The summed E-state index contributed by atoms with van der Waals surface area (Å²) in [6.07, 6.45) is 1.24. The summed E-state index contributed by atoms with van der Waals surface area (Å²) in [6, 6.07) is 15.4. The van der Waals surface area contributed by atoms with Crippen molar-refractivity contribution in [3.05, 3.63) is 83.3 Å². The molecule has 1 atom stereocenters. The molecule has 0 bridgehead atoms. The predicted octanol–water partition coefficient (Wildman–Crippen LogP) is 4.80. The Morgan fingerprint density at radius 1 is 1.07 bits per heavy atom. The van der Waals surface area contributed by atoms with Gasteiger partial charge in [-0.2, -0.15) is 0 Å². The smallest absolute Gasteiger partial charge is 0.252 e. The zero-order valence-electron chi connectivity index (χ0n) is 16.1. The molecule has 0 spiro atoms. The van der Waals surface area contributed by atoms with Gasteiger partial charge in [0.1, 0.15) is 0 Å². The van der Waals surface area contributed by atoms with Gasteiger partial charge in [0, 0.05) is 22.2 Å². The molecule has 0 saturated heterocycles. The van der Waals surface area contributed by atoms with Crippen LogP contribution in [0.3, 0.4) is 0 Å². The first-order valence-corrected chi connectivity index (χ1v) is 10.1. The summed E-state index contributed by atoms with van der Waals surface area (Å²) in [4.78, 5) is 24.6. The van der Waals surface area contributed by atoms with Gasteiger partial charge in [-0.25, -0.2) is 0 Å². The quantitative estimate of drug-likeness (QED) is 0.568. The van der Waals surface area contributed by atoms with E-state index >= 15 is 0 Å². The molecule has 1 heterocycles. The average molecular weight is 393 g/mol. The van der Waals surface area contributed by atoms with Crippen LogP contribution in [-0.2, 0) is 4.79 Å². The fraction of sp³-hybridized carbons (Fsp3) is 0.217. The average Bonchev–Trinajstić information content (AvgIpc) is 3.19. The number of hydrogen-bond donors (Lipinski definition) is 2. The lowest BCUT2D eigenvalue weighted by Crippen LogP contribution is -2.37. The van der Waals surface area contributed by atoms with Gasteiger partial charge >= 0.3 is 0 Å². The van der Waals surface area contributed by atoms with Crippen LogP contribution in [0.4, 0.5) is 0 Å². The van der Waals surface area contributed by atoms with Crippen molar-refractivity contribution in [2.75, 3.05) is 6.54 Å². The third-order valence-corrected chi connectivity index (χ3v) is 5.60. The Morgan fingerprint density at radius 3 is 2.46 bits per heavy atom. The van der Waals surface area contributed by atoms with Gasteiger partial charge in [0.25, 0.3) is 5.91 Å². The van der Waals surface area contributed by atoms with E-state index in [0.29, 0.717) is 18.0 Å². The number of thiophene rings is 1. The van der Waals surface area contributed by atoms with Crippen LogP contribution >= 0.6 is 11.3 Å². The maximum absolute atomic E-state index is 12.8. The molecule has 0 aliphatic heterocycles. The fourth-order valence-corrected chi connectivity index (χ4v) is 3.89. The number of amides is 2. The molecule has 1 aromatic heterocycles. The molecule has 144 valence electrons. The summed E-state index contributed by atoms with van der Waals surface area (Å²) in [6.45, 7) is 8.08. The molecule has 2 N–H and O–H groups in total. The Hall–Kier alpha value is -2.92. The minimum absolute atomic E-state index is 0.152. The summed E-state index contributed by atoms with van der Waals surface area (Å²) in [5.74, 6) is 0.00819. The molecule has 0 saturated carbocycles. The van der Waals surface area contributed by atoms with Crippen molar-refractivity contribution in [2.24, 2.45) is 0 Å². The van der Waals surface area contributed by atoms with Crippen LogP contribution in [0.25, 0.3) is 10.1 Å². The molecule has 2 amide bonds. The monoisotopic (exact) mass is 392 g/mol. The van der Waals surface area contributed by atoms with E-state index in [4.69, 9.17) is 0 Å². The lowest BCUT2D eigenvalue weighted by Gasteiger charge is -2.20. The molecule has 4 nitrogen and oxygen atoms in total. The van der Waals surface area contributed by atoms with Gasteiger partial charge in [-0.3, -0.25) is 9.59 Å². The third kappa shape index (κ3) is 4.49. The number of hydrogen-bond acceptors (Lipinski definition) is 3. The summed E-state index contributed by atoms with van der Waals surface area (Å²) >= 11 is 1.61. The SMILES string of the molecule is C=CC(=O)NC(CNC(=O)c1cccc2sccc12)c1ccc(C(C)C)cc1.